The second-order valence-corrected chi connectivity index (χ2v) is 3.80. The summed E-state index contributed by atoms with van der Waals surface area (Å²) < 4.78 is 15.0. The van der Waals surface area contributed by atoms with Crippen molar-refractivity contribution in [2.45, 2.75) is 19.5 Å². The number of carbonyl (C=O) groups is 1. The minimum Gasteiger partial charge on any atom is -0.497 e. The second-order valence-electron chi connectivity index (χ2n) is 3.80. The minimum absolute atomic E-state index is 0.289. The molecular weight excluding hydrogens is 234 g/mol. The van der Waals surface area contributed by atoms with Crippen molar-refractivity contribution < 1.29 is 19.0 Å². The van der Waals surface area contributed by atoms with E-state index in [9.17, 15) is 4.79 Å². The molecule has 18 heavy (non-hydrogen) atoms. The maximum absolute atomic E-state index is 11.3. The third kappa shape index (κ3) is 3.63. The van der Waals surface area contributed by atoms with Crippen LogP contribution in [0.4, 0.5) is 0 Å². The lowest BCUT2D eigenvalue weighted by molar-refractivity contribution is -0.142. The molecule has 0 saturated heterocycles. The van der Waals surface area contributed by atoms with E-state index in [4.69, 9.17) is 9.47 Å². The average molecular weight is 253 g/mol. The summed E-state index contributed by atoms with van der Waals surface area (Å²) in [7, 11) is 4.57. The van der Waals surface area contributed by atoms with Crippen molar-refractivity contribution in [3.63, 3.8) is 0 Å². The van der Waals surface area contributed by atoms with Crippen molar-refractivity contribution in [2.75, 3.05) is 21.3 Å². The summed E-state index contributed by atoms with van der Waals surface area (Å²) in [5, 5.41) is 3.07. The molecule has 5 heteroatoms. The summed E-state index contributed by atoms with van der Waals surface area (Å²) in [6.07, 6.45) is 0. The Hall–Kier alpha value is -1.75. The molecule has 1 aromatic rings. The second kappa shape index (κ2) is 6.86. The fourth-order valence-electron chi connectivity index (χ4n) is 1.52. The van der Waals surface area contributed by atoms with Crippen molar-refractivity contribution >= 4 is 5.97 Å². The summed E-state index contributed by atoms with van der Waals surface area (Å²) in [5.74, 6) is 1.16. The van der Waals surface area contributed by atoms with Gasteiger partial charge in [-0.3, -0.25) is 4.79 Å². The predicted octanol–water partition coefficient (Wildman–Crippen LogP) is 1.35. The topological polar surface area (TPSA) is 56.8 Å². The van der Waals surface area contributed by atoms with E-state index >= 15 is 0 Å². The lowest BCUT2D eigenvalue weighted by atomic mass is 10.1. The number of methoxy groups -OCH3 is 3. The Kier molecular flexibility index (Phi) is 5.45. The molecule has 0 fully saturated rings. The fourth-order valence-corrected chi connectivity index (χ4v) is 1.52. The van der Waals surface area contributed by atoms with E-state index in [0.29, 0.717) is 6.54 Å². The highest BCUT2D eigenvalue weighted by Gasteiger charge is 2.13. The molecule has 0 spiro atoms. The average Bonchev–Trinajstić information content (AvgIpc) is 2.43. The van der Waals surface area contributed by atoms with Crippen molar-refractivity contribution in [3.8, 4) is 11.5 Å². The highest BCUT2D eigenvalue weighted by atomic mass is 16.5. The molecule has 0 aliphatic rings. The number of carbonyl (C=O) groups excluding carboxylic acids is 1. The maximum atomic E-state index is 11.3. The van der Waals surface area contributed by atoms with Crippen molar-refractivity contribution in [1.82, 2.24) is 5.32 Å². The molecule has 0 heterocycles. The van der Waals surface area contributed by atoms with Gasteiger partial charge in [0.05, 0.1) is 21.3 Å². The Bertz CT molecular complexity index is 406. The molecule has 1 rings (SSSR count). The van der Waals surface area contributed by atoms with Crippen LogP contribution < -0.4 is 14.8 Å². The van der Waals surface area contributed by atoms with Gasteiger partial charge < -0.3 is 19.5 Å². The van der Waals surface area contributed by atoms with Gasteiger partial charge in [-0.1, -0.05) is 6.07 Å². The van der Waals surface area contributed by atoms with E-state index in [2.05, 4.69) is 10.1 Å². The Morgan fingerprint density at radius 2 is 2.00 bits per heavy atom. The lowest BCUT2D eigenvalue weighted by Crippen LogP contribution is -2.34. The Morgan fingerprint density at radius 1 is 1.28 bits per heavy atom. The molecule has 0 aliphatic carbocycles. The zero-order chi connectivity index (χ0) is 13.5. The molecule has 0 unspecified atom stereocenters. The third-order valence-corrected chi connectivity index (χ3v) is 2.65. The number of rotatable bonds is 6. The van der Waals surface area contributed by atoms with Gasteiger partial charge in [-0.25, -0.2) is 0 Å². The zero-order valence-corrected chi connectivity index (χ0v) is 11.1. The van der Waals surface area contributed by atoms with Gasteiger partial charge in [0.15, 0.2) is 0 Å². The van der Waals surface area contributed by atoms with Crippen LogP contribution in [0.15, 0.2) is 18.2 Å². The van der Waals surface area contributed by atoms with Crippen molar-refractivity contribution in [2.24, 2.45) is 0 Å². The molecule has 5 nitrogen and oxygen atoms in total. The molecular formula is C13H19NO4. The summed E-state index contributed by atoms with van der Waals surface area (Å²) in [6, 6.07) is 5.19. The first-order valence-electron chi connectivity index (χ1n) is 5.64. The zero-order valence-electron chi connectivity index (χ0n) is 11.1. The van der Waals surface area contributed by atoms with Crippen LogP contribution in [0, 0.1) is 0 Å². The van der Waals surface area contributed by atoms with Crippen LogP contribution in [-0.2, 0) is 16.1 Å². The molecule has 0 radical (unpaired) electrons. The summed E-state index contributed by atoms with van der Waals surface area (Å²) in [5.41, 5.74) is 0.953. The van der Waals surface area contributed by atoms with E-state index in [1.54, 1.807) is 27.2 Å². The largest absolute Gasteiger partial charge is 0.497 e. The van der Waals surface area contributed by atoms with Crippen LogP contribution >= 0.6 is 0 Å². The molecule has 0 amide bonds. The fraction of sp³-hybridized carbons (Fsp3) is 0.462. The van der Waals surface area contributed by atoms with Crippen molar-refractivity contribution in [1.29, 1.82) is 0 Å². The number of hydrogen-bond donors (Lipinski definition) is 1. The standard InChI is InChI=1S/C13H19NO4/c1-9(13(15)18-4)14-8-10-5-6-11(16-2)7-12(10)17-3/h5-7,9,14H,8H2,1-4H3/t9-/m0/s1. The Morgan fingerprint density at radius 3 is 2.56 bits per heavy atom. The van der Waals surface area contributed by atoms with Gasteiger partial charge in [-0.2, -0.15) is 0 Å². The van der Waals surface area contributed by atoms with Gasteiger partial charge in [-0.05, 0) is 13.0 Å². The molecule has 0 bridgehead atoms. The SMILES string of the molecule is COC(=O)[C@H](C)NCc1ccc(OC)cc1OC. The Balaban J connectivity index is 2.69. The van der Waals surface area contributed by atoms with Crippen LogP contribution in [0.1, 0.15) is 12.5 Å². The van der Waals surface area contributed by atoms with E-state index < -0.39 is 0 Å². The molecule has 1 aromatic carbocycles. The molecule has 1 N–H and O–H groups in total. The van der Waals surface area contributed by atoms with Crippen LogP contribution in [0.3, 0.4) is 0 Å². The van der Waals surface area contributed by atoms with Gasteiger partial charge in [0, 0.05) is 18.2 Å². The van der Waals surface area contributed by atoms with Gasteiger partial charge >= 0.3 is 5.97 Å². The highest BCUT2D eigenvalue weighted by molar-refractivity contribution is 5.75. The molecule has 0 aromatic heterocycles. The quantitative estimate of drug-likeness (QED) is 0.776. The number of benzene rings is 1. The first kappa shape index (κ1) is 14.3. The number of esters is 1. The van der Waals surface area contributed by atoms with E-state index in [0.717, 1.165) is 17.1 Å². The molecule has 1 atom stereocenters. The van der Waals surface area contributed by atoms with Crippen LogP contribution in [-0.4, -0.2) is 33.3 Å². The first-order valence-corrected chi connectivity index (χ1v) is 5.64. The lowest BCUT2D eigenvalue weighted by Gasteiger charge is -2.14. The van der Waals surface area contributed by atoms with Crippen LogP contribution in [0.2, 0.25) is 0 Å². The van der Waals surface area contributed by atoms with Gasteiger partial charge in [0.1, 0.15) is 17.5 Å². The van der Waals surface area contributed by atoms with Gasteiger partial charge in [0.25, 0.3) is 0 Å². The van der Waals surface area contributed by atoms with Gasteiger partial charge in [-0.15, -0.1) is 0 Å². The number of nitrogens with one attached hydrogen (secondary N) is 1. The van der Waals surface area contributed by atoms with Gasteiger partial charge in [0.2, 0.25) is 0 Å². The summed E-state index contributed by atoms with van der Waals surface area (Å²) in [4.78, 5) is 11.3. The molecule has 100 valence electrons. The van der Waals surface area contributed by atoms with Crippen molar-refractivity contribution in [3.05, 3.63) is 23.8 Å². The minimum atomic E-state index is -0.359. The van der Waals surface area contributed by atoms with Crippen LogP contribution in [0.25, 0.3) is 0 Å². The molecule has 0 saturated carbocycles. The van der Waals surface area contributed by atoms with Crippen LogP contribution in [0.5, 0.6) is 11.5 Å². The first-order chi connectivity index (χ1) is 8.62. The predicted molar refractivity (Wildman–Crippen MR) is 67.9 cm³/mol. The van der Waals surface area contributed by atoms with E-state index in [1.165, 1.54) is 7.11 Å². The smallest absolute Gasteiger partial charge is 0.322 e. The normalized spacial score (nSPS) is 11.8. The highest BCUT2D eigenvalue weighted by Crippen LogP contribution is 2.24. The third-order valence-electron chi connectivity index (χ3n) is 2.65. The Labute approximate surface area is 107 Å². The molecule has 0 aliphatic heterocycles. The van der Waals surface area contributed by atoms with E-state index in [1.807, 2.05) is 12.1 Å². The summed E-state index contributed by atoms with van der Waals surface area (Å²) >= 11 is 0. The monoisotopic (exact) mass is 253 g/mol. The number of hydrogen-bond acceptors (Lipinski definition) is 5. The van der Waals surface area contributed by atoms with E-state index in [-0.39, 0.29) is 12.0 Å². The summed E-state index contributed by atoms with van der Waals surface area (Å²) in [6.45, 7) is 2.27. The maximum Gasteiger partial charge on any atom is 0.322 e. The number of ether oxygens (including phenoxy) is 3.